The molecule has 1 saturated heterocycles. The summed E-state index contributed by atoms with van der Waals surface area (Å²) in [5.74, 6) is 1.29. The van der Waals surface area contributed by atoms with Crippen LogP contribution in [0.25, 0.3) is 0 Å². The Kier molecular flexibility index (Phi) is 4.13. The quantitative estimate of drug-likeness (QED) is 0.740. The molecular formula is C19H25N3O3. The van der Waals surface area contributed by atoms with Crippen LogP contribution in [0.4, 0.5) is 0 Å². The number of aromatic nitrogens is 1. The van der Waals surface area contributed by atoms with Crippen molar-refractivity contribution in [1.29, 1.82) is 0 Å². The van der Waals surface area contributed by atoms with Gasteiger partial charge >= 0.3 is 0 Å². The van der Waals surface area contributed by atoms with Crippen LogP contribution in [0.15, 0.2) is 18.3 Å². The second-order valence-corrected chi connectivity index (χ2v) is 7.57. The summed E-state index contributed by atoms with van der Waals surface area (Å²) in [5.41, 5.74) is 0.184. The number of fused-ring (bicyclic) bond motifs is 1. The maximum absolute atomic E-state index is 12.9. The molecule has 134 valence electrons. The van der Waals surface area contributed by atoms with Crippen molar-refractivity contribution in [3.8, 4) is 5.88 Å². The first-order chi connectivity index (χ1) is 12.1. The van der Waals surface area contributed by atoms with Gasteiger partial charge in [0.05, 0.1) is 6.61 Å². The second kappa shape index (κ2) is 6.32. The van der Waals surface area contributed by atoms with E-state index in [0.717, 1.165) is 37.7 Å². The molecule has 25 heavy (non-hydrogen) atoms. The molecule has 2 amide bonds. The van der Waals surface area contributed by atoms with Gasteiger partial charge in [-0.05, 0) is 37.7 Å². The Morgan fingerprint density at radius 1 is 1.48 bits per heavy atom. The fourth-order valence-corrected chi connectivity index (χ4v) is 4.86. The fraction of sp³-hybridized carbons (Fsp3) is 0.632. The molecule has 1 aromatic heterocycles. The number of pyridine rings is 1. The average molecular weight is 343 g/mol. The molecule has 1 aromatic rings. The normalized spacial score (nSPS) is 31.9. The SMILES string of the molecule is CCCCOc1ncccc1CNC(=O)C12CC3CC(C(=O)N1)C2C3. The molecule has 0 radical (unpaired) electrons. The highest BCUT2D eigenvalue weighted by molar-refractivity contribution is 5.97. The Morgan fingerprint density at radius 2 is 2.36 bits per heavy atom. The van der Waals surface area contributed by atoms with E-state index in [1.807, 2.05) is 12.1 Å². The predicted molar refractivity (Wildman–Crippen MR) is 91.7 cm³/mol. The van der Waals surface area contributed by atoms with Gasteiger partial charge in [-0.2, -0.15) is 0 Å². The summed E-state index contributed by atoms with van der Waals surface area (Å²) in [4.78, 5) is 29.4. The monoisotopic (exact) mass is 343 g/mol. The van der Waals surface area contributed by atoms with Crippen molar-refractivity contribution in [2.75, 3.05) is 6.61 Å². The lowest BCUT2D eigenvalue weighted by molar-refractivity contribution is -0.130. The first kappa shape index (κ1) is 16.4. The minimum atomic E-state index is -0.684. The number of hydrogen-bond donors (Lipinski definition) is 2. The molecule has 0 spiro atoms. The maximum atomic E-state index is 12.9. The maximum Gasteiger partial charge on any atom is 0.246 e. The van der Waals surface area contributed by atoms with Crippen LogP contribution >= 0.6 is 0 Å². The fourth-order valence-electron chi connectivity index (χ4n) is 4.86. The van der Waals surface area contributed by atoms with Crippen molar-refractivity contribution in [2.24, 2.45) is 17.8 Å². The van der Waals surface area contributed by atoms with E-state index >= 15 is 0 Å². The molecule has 2 saturated carbocycles. The molecule has 1 aliphatic heterocycles. The van der Waals surface area contributed by atoms with Crippen LogP contribution in [0.5, 0.6) is 5.88 Å². The number of amides is 2. The molecule has 4 atom stereocenters. The summed E-state index contributed by atoms with van der Waals surface area (Å²) >= 11 is 0. The highest BCUT2D eigenvalue weighted by atomic mass is 16.5. The second-order valence-electron chi connectivity index (χ2n) is 7.57. The van der Waals surface area contributed by atoms with Gasteiger partial charge in [-0.15, -0.1) is 0 Å². The summed E-state index contributed by atoms with van der Waals surface area (Å²) in [6.45, 7) is 3.11. The lowest BCUT2D eigenvalue weighted by Gasteiger charge is -2.30. The van der Waals surface area contributed by atoms with E-state index in [1.54, 1.807) is 6.20 Å². The van der Waals surface area contributed by atoms with Gasteiger partial charge < -0.3 is 15.4 Å². The van der Waals surface area contributed by atoms with Crippen molar-refractivity contribution in [3.05, 3.63) is 23.9 Å². The van der Waals surface area contributed by atoms with Crippen molar-refractivity contribution >= 4 is 11.8 Å². The molecule has 6 heteroatoms. The molecule has 2 heterocycles. The van der Waals surface area contributed by atoms with E-state index in [1.165, 1.54) is 0 Å². The summed E-state index contributed by atoms with van der Waals surface area (Å²) in [6.07, 6.45) is 6.45. The van der Waals surface area contributed by atoms with Gasteiger partial charge in [-0.1, -0.05) is 19.4 Å². The number of carbonyl (C=O) groups excluding carboxylic acids is 2. The molecular weight excluding hydrogens is 318 g/mol. The van der Waals surface area contributed by atoms with Gasteiger partial charge in [0, 0.05) is 30.1 Å². The highest BCUT2D eigenvalue weighted by Gasteiger charge is 2.66. The van der Waals surface area contributed by atoms with Crippen LogP contribution in [-0.2, 0) is 16.1 Å². The first-order valence-corrected chi connectivity index (χ1v) is 9.31. The number of nitrogens with one attached hydrogen (secondary N) is 2. The van der Waals surface area contributed by atoms with Crippen LogP contribution < -0.4 is 15.4 Å². The topological polar surface area (TPSA) is 80.3 Å². The number of rotatable bonds is 7. The van der Waals surface area contributed by atoms with Gasteiger partial charge in [-0.25, -0.2) is 4.98 Å². The summed E-state index contributed by atoms with van der Waals surface area (Å²) in [5, 5.41) is 6.04. The van der Waals surface area contributed by atoms with Gasteiger partial charge in [-0.3, -0.25) is 9.59 Å². The van der Waals surface area contributed by atoms with Crippen molar-refractivity contribution in [3.63, 3.8) is 0 Å². The summed E-state index contributed by atoms with van der Waals surface area (Å²) < 4.78 is 5.73. The van der Waals surface area contributed by atoms with Crippen LogP contribution in [0.2, 0.25) is 0 Å². The molecule has 2 aliphatic carbocycles. The van der Waals surface area contributed by atoms with Gasteiger partial charge in [0.1, 0.15) is 5.54 Å². The van der Waals surface area contributed by atoms with Crippen LogP contribution in [0.1, 0.15) is 44.6 Å². The lowest BCUT2D eigenvalue weighted by Crippen LogP contribution is -2.56. The lowest BCUT2D eigenvalue weighted by atomic mass is 9.78. The first-order valence-electron chi connectivity index (χ1n) is 9.31. The Hall–Kier alpha value is -2.11. The van der Waals surface area contributed by atoms with E-state index in [0.29, 0.717) is 24.9 Å². The number of ether oxygens (including phenoxy) is 1. The molecule has 4 rings (SSSR count). The smallest absolute Gasteiger partial charge is 0.246 e. The van der Waals surface area contributed by atoms with Crippen molar-refractivity contribution in [1.82, 2.24) is 15.6 Å². The number of nitrogens with zero attached hydrogens (tertiary/aromatic N) is 1. The zero-order valence-electron chi connectivity index (χ0n) is 14.6. The van der Waals surface area contributed by atoms with Gasteiger partial charge in [0.15, 0.2) is 0 Å². The summed E-state index contributed by atoms with van der Waals surface area (Å²) in [6, 6.07) is 3.76. The molecule has 0 aromatic carbocycles. The zero-order chi connectivity index (χ0) is 17.4. The third-order valence-electron chi connectivity index (χ3n) is 6.02. The molecule has 2 N–H and O–H groups in total. The van der Waals surface area contributed by atoms with Gasteiger partial charge in [0.25, 0.3) is 0 Å². The molecule has 6 nitrogen and oxygen atoms in total. The number of hydrogen-bond acceptors (Lipinski definition) is 4. The molecule has 2 bridgehead atoms. The zero-order valence-corrected chi connectivity index (χ0v) is 14.6. The van der Waals surface area contributed by atoms with Crippen LogP contribution in [-0.4, -0.2) is 28.9 Å². The Bertz CT molecular complexity index is 692. The molecule has 4 unspecified atom stereocenters. The van der Waals surface area contributed by atoms with E-state index in [-0.39, 0.29) is 23.7 Å². The standard InChI is InChI=1S/C19H25N3O3/c1-2-3-7-25-17-13(5-4-6-20-17)11-21-18(24)19-10-12-8-14(15(19)9-12)16(23)22-19/h4-6,12,14-15H,2-3,7-11H2,1H3,(H,21,24)(H,22,23). The number of carbonyl (C=O) groups is 2. The largest absolute Gasteiger partial charge is 0.477 e. The van der Waals surface area contributed by atoms with Gasteiger partial charge in [0.2, 0.25) is 17.7 Å². The predicted octanol–water partition coefficient (Wildman–Crippen LogP) is 1.79. The average Bonchev–Trinajstić information content (AvgIpc) is 3.22. The van der Waals surface area contributed by atoms with E-state index < -0.39 is 5.54 Å². The van der Waals surface area contributed by atoms with E-state index in [2.05, 4.69) is 22.5 Å². The van der Waals surface area contributed by atoms with E-state index in [9.17, 15) is 9.59 Å². The molecule has 3 aliphatic rings. The Balaban J connectivity index is 1.42. The third kappa shape index (κ3) is 2.68. The highest BCUT2D eigenvalue weighted by Crippen LogP contribution is 2.57. The van der Waals surface area contributed by atoms with Crippen molar-refractivity contribution in [2.45, 2.75) is 51.1 Å². The minimum Gasteiger partial charge on any atom is -0.477 e. The van der Waals surface area contributed by atoms with E-state index in [4.69, 9.17) is 4.74 Å². The Morgan fingerprint density at radius 3 is 3.16 bits per heavy atom. The summed E-state index contributed by atoms with van der Waals surface area (Å²) in [7, 11) is 0. The number of unbranched alkanes of at least 4 members (excludes halogenated alkanes) is 1. The third-order valence-corrected chi connectivity index (χ3v) is 6.02. The van der Waals surface area contributed by atoms with Crippen LogP contribution in [0, 0.1) is 17.8 Å². The molecule has 3 fully saturated rings. The Labute approximate surface area is 147 Å². The van der Waals surface area contributed by atoms with Crippen molar-refractivity contribution < 1.29 is 14.3 Å². The minimum absolute atomic E-state index is 0.0378. The van der Waals surface area contributed by atoms with Crippen LogP contribution in [0.3, 0.4) is 0 Å².